The number of ether oxygens (including phenoxy) is 1. The highest BCUT2D eigenvalue weighted by Crippen LogP contribution is 2.25. The Hall–Kier alpha value is -0.980. The van der Waals surface area contributed by atoms with Crippen LogP contribution in [0.1, 0.15) is 46.7 Å². The van der Waals surface area contributed by atoms with Crippen LogP contribution in [0.4, 0.5) is 0 Å². The second-order valence-electron chi connectivity index (χ2n) is 4.35. The quantitative estimate of drug-likeness (QED) is 0.716. The summed E-state index contributed by atoms with van der Waals surface area (Å²) in [4.78, 5) is 17.1. The maximum atomic E-state index is 12.0. The van der Waals surface area contributed by atoms with Crippen LogP contribution < -0.4 is 10.6 Å². The van der Waals surface area contributed by atoms with Gasteiger partial charge in [-0.05, 0) is 26.8 Å². The molecule has 0 fully saturated rings. The molecule has 0 bridgehead atoms. The first kappa shape index (κ1) is 16.1. The summed E-state index contributed by atoms with van der Waals surface area (Å²) in [5, 5.41) is 6.98. The molecule has 1 aromatic rings. The molecule has 2 N–H and O–H groups in total. The Kier molecular flexibility index (Phi) is 6.97. The third-order valence-electron chi connectivity index (χ3n) is 2.73. The van der Waals surface area contributed by atoms with Crippen molar-refractivity contribution in [2.24, 2.45) is 0 Å². The number of nitrogens with zero attached hydrogens (tertiary/aromatic N) is 1. The number of amides is 1. The molecule has 19 heavy (non-hydrogen) atoms. The van der Waals surface area contributed by atoms with Crippen molar-refractivity contribution in [1.29, 1.82) is 0 Å². The summed E-state index contributed by atoms with van der Waals surface area (Å²) in [6, 6.07) is 0. The first-order valence-electron chi connectivity index (χ1n) is 6.59. The number of methoxy groups -OCH3 is 1. The van der Waals surface area contributed by atoms with E-state index in [1.54, 1.807) is 7.11 Å². The largest absolute Gasteiger partial charge is 0.375 e. The van der Waals surface area contributed by atoms with E-state index >= 15 is 0 Å². The number of aryl methyl sites for hydroxylation is 1. The standard InChI is InChI=1S/C13H23N3O2S/c1-5-6-14-7-8-15-12(17)11-9(2)16-13(19-11)10(3)18-4/h10,14H,5-8H2,1-4H3,(H,15,17). The Balaban J connectivity index is 2.50. The third-order valence-corrected chi connectivity index (χ3v) is 4.05. The lowest BCUT2D eigenvalue weighted by Crippen LogP contribution is -2.32. The highest BCUT2D eigenvalue weighted by molar-refractivity contribution is 7.13. The second kappa shape index (κ2) is 8.24. The predicted octanol–water partition coefficient (Wildman–Crippen LogP) is 1.89. The van der Waals surface area contributed by atoms with Gasteiger partial charge in [-0.2, -0.15) is 0 Å². The van der Waals surface area contributed by atoms with E-state index in [0.717, 1.165) is 30.2 Å². The Morgan fingerprint density at radius 3 is 2.79 bits per heavy atom. The Morgan fingerprint density at radius 1 is 1.42 bits per heavy atom. The lowest BCUT2D eigenvalue weighted by atomic mass is 10.3. The molecule has 0 aliphatic rings. The first-order valence-corrected chi connectivity index (χ1v) is 7.40. The van der Waals surface area contributed by atoms with Crippen LogP contribution in [0.2, 0.25) is 0 Å². The van der Waals surface area contributed by atoms with Crippen molar-refractivity contribution < 1.29 is 9.53 Å². The van der Waals surface area contributed by atoms with Crippen LogP contribution in [0, 0.1) is 6.92 Å². The molecule has 0 spiro atoms. The predicted molar refractivity (Wildman–Crippen MR) is 77.8 cm³/mol. The molecule has 1 unspecified atom stereocenters. The minimum absolute atomic E-state index is 0.0529. The van der Waals surface area contributed by atoms with Gasteiger partial charge in [0.2, 0.25) is 0 Å². The van der Waals surface area contributed by atoms with Crippen LogP contribution in [0.15, 0.2) is 0 Å². The van der Waals surface area contributed by atoms with Gasteiger partial charge in [0.05, 0.1) is 5.69 Å². The molecule has 0 saturated heterocycles. The van der Waals surface area contributed by atoms with Crippen LogP contribution in [0.25, 0.3) is 0 Å². The minimum Gasteiger partial charge on any atom is -0.375 e. The van der Waals surface area contributed by atoms with Crippen molar-refractivity contribution >= 4 is 17.2 Å². The van der Waals surface area contributed by atoms with E-state index < -0.39 is 0 Å². The molecule has 1 aromatic heterocycles. The lowest BCUT2D eigenvalue weighted by Gasteiger charge is -2.05. The average molecular weight is 285 g/mol. The SMILES string of the molecule is CCCNCCNC(=O)c1sc(C(C)OC)nc1C. The highest BCUT2D eigenvalue weighted by atomic mass is 32.1. The number of nitrogens with one attached hydrogen (secondary N) is 2. The van der Waals surface area contributed by atoms with Crippen molar-refractivity contribution in [3.8, 4) is 0 Å². The van der Waals surface area contributed by atoms with E-state index in [0.29, 0.717) is 11.4 Å². The molecular formula is C13H23N3O2S. The zero-order valence-electron chi connectivity index (χ0n) is 12.1. The van der Waals surface area contributed by atoms with Gasteiger partial charge < -0.3 is 15.4 Å². The Morgan fingerprint density at radius 2 is 2.16 bits per heavy atom. The van der Waals surface area contributed by atoms with Crippen molar-refractivity contribution in [3.63, 3.8) is 0 Å². The molecular weight excluding hydrogens is 262 g/mol. The molecule has 0 aliphatic carbocycles. The molecule has 0 aliphatic heterocycles. The number of aromatic nitrogens is 1. The van der Waals surface area contributed by atoms with E-state index in [4.69, 9.17) is 4.74 Å². The summed E-state index contributed by atoms with van der Waals surface area (Å²) in [6.07, 6.45) is 1.02. The maximum Gasteiger partial charge on any atom is 0.263 e. The summed E-state index contributed by atoms with van der Waals surface area (Å²) >= 11 is 1.40. The summed E-state index contributed by atoms with van der Waals surface area (Å²) in [5.41, 5.74) is 0.767. The van der Waals surface area contributed by atoms with Crippen LogP contribution in [0.3, 0.4) is 0 Å². The van der Waals surface area contributed by atoms with E-state index in [2.05, 4.69) is 22.5 Å². The zero-order valence-corrected chi connectivity index (χ0v) is 12.9. The first-order chi connectivity index (χ1) is 9.10. The second-order valence-corrected chi connectivity index (χ2v) is 5.38. The summed E-state index contributed by atoms with van der Waals surface area (Å²) in [6.45, 7) is 8.29. The maximum absolute atomic E-state index is 12.0. The molecule has 1 amide bonds. The Bertz CT molecular complexity index is 407. The number of rotatable bonds is 8. The molecule has 6 heteroatoms. The van der Waals surface area contributed by atoms with E-state index in [-0.39, 0.29) is 12.0 Å². The number of hydrogen-bond donors (Lipinski definition) is 2. The molecule has 0 aromatic carbocycles. The normalized spacial score (nSPS) is 12.4. The van der Waals surface area contributed by atoms with Gasteiger partial charge in [0.15, 0.2) is 0 Å². The van der Waals surface area contributed by atoms with Crippen LogP contribution in [-0.4, -0.2) is 37.6 Å². The van der Waals surface area contributed by atoms with Gasteiger partial charge in [-0.15, -0.1) is 11.3 Å². The van der Waals surface area contributed by atoms with Gasteiger partial charge in [-0.3, -0.25) is 4.79 Å². The number of hydrogen-bond acceptors (Lipinski definition) is 5. The van der Waals surface area contributed by atoms with Gasteiger partial charge in [0.25, 0.3) is 5.91 Å². The van der Waals surface area contributed by atoms with Crippen molar-refractivity contribution in [2.45, 2.75) is 33.3 Å². The number of thiazole rings is 1. The monoisotopic (exact) mass is 285 g/mol. The van der Waals surface area contributed by atoms with Crippen LogP contribution in [-0.2, 0) is 4.74 Å². The lowest BCUT2D eigenvalue weighted by molar-refractivity contribution is 0.0957. The molecule has 108 valence electrons. The zero-order chi connectivity index (χ0) is 14.3. The van der Waals surface area contributed by atoms with Crippen molar-refractivity contribution in [3.05, 3.63) is 15.6 Å². The number of carbonyl (C=O) groups excluding carboxylic acids is 1. The fraction of sp³-hybridized carbons (Fsp3) is 0.692. The summed E-state index contributed by atoms with van der Waals surface area (Å²) < 4.78 is 5.22. The van der Waals surface area contributed by atoms with Crippen molar-refractivity contribution in [2.75, 3.05) is 26.7 Å². The van der Waals surface area contributed by atoms with E-state index in [1.165, 1.54) is 11.3 Å². The molecule has 5 nitrogen and oxygen atoms in total. The van der Waals surface area contributed by atoms with Gasteiger partial charge in [0, 0.05) is 20.2 Å². The smallest absolute Gasteiger partial charge is 0.263 e. The fourth-order valence-corrected chi connectivity index (χ4v) is 2.56. The van der Waals surface area contributed by atoms with Crippen LogP contribution >= 0.6 is 11.3 Å². The van der Waals surface area contributed by atoms with Crippen LogP contribution in [0.5, 0.6) is 0 Å². The van der Waals surface area contributed by atoms with E-state index in [9.17, 15) is 4.79 Å². The van der Waals surface area contributed by atoms with Gasteiger partial charge in [0.1, 0.15) is 16.0 Å². The molecule has 0 radical (unpaired) electrons. The van der Waals surface area contributed by atoms with Gasteiger partial charge in [-0.25, -0.2) is 4.98 Å². The van der Waals surface area contributed by atoms with Gasteiger partial charge >= 0.3 is 0 Å². The Labute approximate surface area is 118 Å². The van der Waals surface area contributed by atoms with Crippen molar-refractivity contribution in [1.82, 2.24) is 15.6 Å². The average Bonchev–Trinajstić information content (AvgIpc) is 2.79. The highest BCUT2D eigenvalue weighted by Gasteiger charge is 2.17. The topological polar surface area (TPSA) is 63.2 Å². The number of carbonyl (C=O) groups is 1. The molecule has 1 atom stereocenters. The fourth-order valence-electron chi connectivity index (χ4n) is 1.55. The third kappa shape index (κ3) is 4.89. The minimum atomic E-state index is -0.0727. The molecule has 0 saturated carbocycles. The summed E-state index contributed by atoms with van der Waals surface area (Å²) in [5.74, 6) is -0.0529. The molecule has 1 rings (SSSR count). The summed E-state index contributed by atoms with van der Waals surface area (Å²) in [7, 11) is 1.64. The molecule has 1 heterocycles. The van der Waals surface area contributed by atoms with Gasteiger partial charge in [-0.1, -0.05) is 6.92 Å². The van der Waals surface area contributed by atoms with E-state index in [1.807, 2.05) is 13.8 Å².